The van der Waals surface area contributed by atoms with E-state index in [0.717, 1.165) is 49.9 Å². The molecule has 0 saturated carbocycles. The molecule has 0 aliphatic carbocycles. The lowest BCUT2D eigenvalue weighted by atomic mass is 10.0. The van der Waals surface area contributed by atoms with E-state index in [1.165, 1.54) is 9.75 Å². The largest absolute Gasteiger partial charge is 0.352 e. The van der Waals surface area contributed by atoms with E-state index in [-0.39, 0.29) is 0 Å². The first-order valence-corrected chi connectivity index (χ1v) is 10.8. The molecule has 0 fully saturated rings. The molecule has 6 aromatic rings. The van der Waals surface area contributed by atoms with Gasteiger partial charge in [-0.15, -0.1) is 11.3 Å². The minimum absolute atomic E-state index is 0.686. The average Bonchev–Trinajstić information content (AvgIpc) is 3.50. The van der Waals surface area contributed by atoms with Gasteiger partial charge in [-0.05, 0) is 49.7 Å². The molecule has 2 N–H and O–H groups in total. The van der Waals surface area contributed by atoms with Crippen LogP contribution in [0.2, 0.25) is 0 Å². The van der Waals surface area contributed by atoms with Gasteiger partial charge in [0.05, 0.1) is 23.1 Å². The van der Waals surface area contributed by atoms with Crippen LogP contribution < -0.4 is 0 Å². The molecule has 6 aromatic heterocycles. The third-order valence-electron chi connectivity index (χ3n) is 5.58. The Hall–Kier alpha value is -3.84. The highest BCUT2D eigenvalue weighted by Crippen LogP contribution is 2.36. The molecule has 6 nitrogen and oxygen atoms in total. The van der Waals surface area contributed by atoms with Gasteiger partial charge in [0.1, 0.15) is 0 Å². The summed E-state index contributed by atoms with van der Waals surface area (Å²) in [6, 6.07) is 10.6. The second-order valence-electron chi connectivity index (χ2n) is 7.63. The second-order valence-corrected chi connectivity index (χ2v) is 8.91. The maximum atomic E-state index is 4.57. The number of rotatable bonds is 3. The Morgan fingerprint density at radius 3 is 2.61 bits per heavy atom. The molecule has 6 heterocycles. The standard InChI is InChI=1S/C24H18N6S/c1-13-5-6-25-10-18(13)15-7-17-23(29-30-24(17)27-9-15)20-8-16-19(11-26-12-21(16)28-20)22-4-3-14(2)31-22/h3-12,28H,1-2H3,(H,27,29,30). The van der Waals surface area contributed by atoms with Crippen LogP contribution in [-0.4, -0.2) is 30.1 Å². The van der Waals surface area contributed by atoms with E-state index >= 15 is 0 Å². The number of pyridine rings is 3. The van der Waals surface area contributed by atoms with E-state index in [2.05, 4.69) is 68.2 Å². The molecule has 6 rings (SSSR count). The minimum atomic E-state index is 0.686. The lowest BCUT2D eigenvalue weighted by molar-refractivity contribution is 1.10. The van der Waals surface area contributed by atoms with Gasteiger partial charge in [0.25, 0.3) is 0 Å². The first-order chi connectivity index (χ1) is 15.2. The molecule has 0 unspecified atom stereocenters. The van der Waals surface area contributed by atoms with E-state index in [0.29, 0.717) is 5.65 Å². The Morgan fingerprint density at radius 2 is 1.77 bits per heavy atom. The van der Waals surface area contributed by atoms with Gasteiger partial charge in [0.15, 0.2) is 5.65 Å². The number of thiophene rings is 1. The van der Waals surface area contributed by atoms with E-state index in [1.807, 2.05) is 30.9 Å². The van der Waals surface area contributed by atoms with Crippen LogP contribution in [0.4, 0.5) is 0 Å². The Balaban J connectivity index is 1.52. The summed E-state index contributed by atoms with van der Waals surface area (Å²) >= 11 is 1.78. The highest BCUT2D eigenvalue weighted by molar-refractivity contribution is 7.15. The maximum Gasteiger partial charge on any atom is 0.181 e. The van der Waals surface area contributed by atoms with Gasteiger partial charge in [-0.3, -0.25) is 15.1 Å². The Kier molecular flexibility index (Phi) is 3.97. The average molecular weight is 423 g/mol. The molecule has 0 bridgehead atoms. The van der Waals surface area contributed by atoms with Crippen molar-refractivity contribution in [2.75, 3.05) is 0 Å². The normalized spacial score (nSPS) is 11.5. The summed E-state index contributed by atoms with van der Waals surface area (Å²) in [6.07, 6.45) is 9.33. The third-order valence-corrected chi connectivity index (χ3v) is 6.61. The summed E-state index contributed by atoms with van der Waals surface area (Å²) in [5.74, 6) is 0. The highest BCUT2D eigenvalue weighted by Gasteiger charge is 2.15. The molecule has 0 amide bonds. The summed E-state index contributed by atoms with van der Waals surface area (Å²) < 4.78 is 0. The second kappa shape index (κ2) is 6.85. The molecule has 0 aromatic carbocycles. The zero-order valence-electron chi connectivity index (χ0n) is 17.0. The Labute approximate surface area is 182 Å². The number of hydrogen-bond donors (Lipinski definition) is 2. The molecular weight excluding hydrogens is 404 g/mol. The van der Waals surface area contributed by atoms with Crippen molar-refractivity contribution < 1.29 is 0 Å². The van der Waals surface area contributed by atoms with Crippen LogP contribution in [0.15, 0.2) is 61.3 Å². The molecule has 31 heavy (non-hydrogen) atoms. The van der Waals surface area contributed by atoms with Crippen LogP contribution >= 0.6 is 11.3 Å². The monoisotopic (exact) mass is 422 g/mol. The van der Waals surface area contributed by atoms with Gasteiger partial charge in [0, 0.05) is 62.0 Å². The molecular formula is C24H18N6S. The summed E-state index contributed by atoms with van der Waals surface area (Å²) in [5, 5.41) is 9.70. The maximum absolute atomic E-state index is 4.57. The third kappa shape index (κ3) is 2.93. The summed E-state index contributed by atoms with van der Waals surface area (Å²) in [5.41, 5.74) is 7.94. The molecule has 7 heteroatoms. The molecule has 0 aliphatic heterocycles. The number of fused-ring (bicyclic) bond motifs is 2. The van der Waals surface area contributed by atoms with Gasteiger partial charge in [0.2, 0.25) is 0 Å². The number of nitrogens with one attached hydrogen (secondary N) is 2. The minimum Gasteiger partial charge on any atom is -0.352 e. The molecule has 0 aliphatic rings. The molecule has 0 atom stereocenters. The van der Waals surface area contributed by atoms with Gasteiger partial charge >= 0.3 is 0 Å². The summed E-state index contributed by atoms with van der Waals surface area (Å²) in [7, 11) is 0. The molecule has 0 radical (unpaired) electrons. The van der Waals surface area contributed by atoms with Crippen molar-refractivity contribution in [1.29, 1.82) is 0 Å². The van der Waals surface area contributed by atoms with Crippen molar-refractivity contribution in [3.05, 3.63) is 71.8 Å². The predicted molar refractivity (Wildman–Crippen MR) is 125 cm³/mol. The summed E-state index contributed by atoms with van der Waals surface area (Å²) in [6.45, 7) is 4.20. The fraction of sp³-hybridized carbons (Fsp3) is 0.0833. The lowest BCUT2D eigenvalue weighted by Gasteiger charge is -2.04. The van der Waals surface area contributed by atoms with E-state index < -0.39 is 0 Å². The number of H-pyrrole nitrogens is 2. The van der Waals surface area contributed by atoms with Crippen LogP contribution in [0, 0.1) is 13.8 Å². The van der Waals surface area contributed by atoms with Crippen molar-refractivity contribution >= 4 is 33.3 Å². The first-order valence-electron chi connectivity index (χ1n) is 9.96. The predicted octanol–water partition coefficient (Wildman–Crippen LogP) is 5.91. The van der Waals surface area contributed by atoms with Crippen LogP contribution in [-0.2, 0) is 0 Å². The van der Waals surface area contributed by atoms with E-state index in [1.54, 1.807) is 17.5 Å². The fourth-order valence-electron chi connectivity index (χ4n) is 3.98. The van der Waals surface area contributed by atoms with Crippen molar-refractivity contribution in [3.8, 4) is 33.0 Å². The smallest absolute Gasteiger partial charge is 0.181 e. The van der Waals surface area contributed by atoms with Gasteiger partial charge in [-0.2, -0.15) is 5.10 Å². The SMILES string of the molecule is Cc1ccc(-c2cncc3[nH]c(-c4[nH]nc5ncc(-c6cnccc6C)cc45)cc23)s1. The van der Waals surface area contributed by atoms with Crippen molar-refractivity contribution in [3.63, 3.8) is 0 Å². The number of hydrogen-bond acceptors (Lipinski definition) is 5. The number of aromatic nitrogens is 6. The van der Waals surface area contributed by atoms with Crippen LogP contribution in [0.5, 0.6) is 0 Å². The van der Waals surface area contributed by atoms with Gasteiger partial charge in [-0.25, -0.2) is 4.98 Å². The number of aryl methyl sites for hydroxylation is 2. The Bertz CT molecular complexity index is 1570. The zero-order valence-corrected chi connectivity index (χ0v) is 17.8. The number of aromatic amines is 2. The molecule has 0 saturated heterocycles. The van der Waals surface area contributed by atoms with Crippen molar-refractivity contribution in [2.24, 2.45) is 0 Å². The van der Waals surface area contributed by atoms with Gasteiger partial charge < -0.3 is 4.98 Å². The lowest BCUT2D eigenvalue weighted by Crippen LogP contribution is -1.87. The van der Waals surface area contributed by atoms with Crippen LogP contribution in [0.1, 0.15) is 10.4 Å². The first kappa shape index (κ1) is 18.0. The quantitative estimate of drug-likeness (QED) is 0.371. The fourth-order valence-corrected chi connectivity index (χ4v) is 4.87. The van der Waals surface area contributed by atoms with Crippen molar-refractivity contribution in [2.45, 2.75) is 13.8 Å². The van der Waals surface area contributed by atoms with Gasteiger partial charge in [-0.1, -0.05) is 0 Å². The highest BCUT2D eigenvalue weighted by atomic mass is 32.1. The topological polar surface area (TPSA) is 83.1 Å². The van der Waals surface area contributed by atoms with E-state index in [4.69, 9.17) is 0 Å². The van der Waals surface area contributed by atoms with E-state index in [9.17, 15) is 0 Å². The summed E-state index contributed by atoms with van der Waals surface area (Å²) in [4.78, 5) is 19.3. The van der Waals surface area contributed by atoms with Crippen LogP contribution in [0.25, 0.3) is 54.9 Å². The Morgan fingerprint density at radius 1 is 0.871 bits per heavy atom. The zero-order chi connectivity index (χ0) is 20.9. The van der Waals surface area contributed by atoms with Crippen LogP contribution in [0.3, 0.4) is 0 Å². The number of nitrogens with zero attached hydrogens (tertiary/aromatic N) is 4. The molecule has 0 spiro atoms. The molecule has 150 valence electrons. The van der Waals surface area contributed by atoms with Crippen molar-refractivity contribution in [1.82, 2.24) is 30.1 Å².